The highest BCUT2D eigenvalue weighted by molar-refractivity contribution is 9.09. The van der Waals surface area contributed by atoms with Gasteiger partial charge in [0.15, 0.2) is 0 Å². The molecule has 3 aliphatic heterocycles. The number of nitrogens with zero attached hydrogens (tertiary/aromatic N) is 1. The van der Waals surface area contributed by atoms with Crippen molar-refractivity contribution in [2.75, 3.05) is 30.4 Å². The van der Waals surface area contributed by atoms with Crippen molar-refractivity contribution in [2.45, 2.75) is 42.3 Å². The van der Waals surface area contributed by atoms with Gasteiger partial charge in [0, 0.05) is 23.7 Å². The predicted octanol–water partition coefficient (Wildman–Crippen LogP) is 3.45. The molecule has 2 aromatic carbocycles. The van der Waals surface area contributed by atoms with Gasteiger partial charge >= 0.3 is 0 Å². The number of amides is 3. The molecular formula is C27H29BrClN3O6. The number of anilines is 2. The molecule has 6 atom stereocenters. The predicted molar refractivity (Wildman–Crippen MR) is 145 cm³/mol. The van der Waals surface area contributed by atoms with Gasteiger partial charge in [0.2, 0.25) is 17.7 Å². The molecular weight excluding hydrogens is 578 g/mol. The lowest BCUT2D eigenvalue weighted by Gasteiger charge is -2.34. The number of aliphatic hydroxyl groups is 1. The maximum absolute atomic E-state index is 13.8. The number of fused-ring (bicyclic) bond motifs is 1. The normalized spacial score (nSPS) is 29.3. The molecule has 3 saturated heterocycles. The Morgan fingerprint density at radius 2 is 1.92 bits per heavy atom. The van der Waals surface area contributed by atoms with Gasteiger partial charge in [-0.3, -0.25) is 14.4 Å². The highest BCUT2D eigenvalue weighted by atomic mass is 79.9. The molecule has 0 aromatic heterocycles. The summed E-state index contributed by atoms with van der Waals surface area (Å²) in [6.45, 7) is 2.43. The van der Waals surface area contributed by atoms with Crippen LogP contribution in [-0.4, -0.2) is 70.1 Å². The van der Waals surface area contributed by atoms with Crippen LogP contribution in [0, 0.1) is 11.8 Å². The molecule has 3 heterocycles. The number of carbonyl (C=O) groups is 3. The monoisotopic (exact) mass is 605 g/mol. The topological polar surface area (TPSA) is 117 Å². The zero-order chi connectivity index (χ0) is 27.0. The Hall–Kier alpha value is -2.66. The number of ether oxygens (including phenoxy) is 2. The maximum Gasteiger partial charge on any atom is 0.250 e. The van der Waals surface area contributed by atoms with Crippen LogP contribution < -0.4 is 15.4 Å². The molecule has 0 saturated carbocycles. The molecule has 3 unspecified atom stereocenters. The Morgan fingerprint density at radius 3 is 2.61 bits per heavy atom. The Morgan fingerprint density at radius 1 is 1.18 bits per heavy atom. The summed E-state index contributed by atoms with van der Waals surface area (Å²) in [5.41, 5.74) is -0.212. The lowest BCUT2D eigenvalue weighted by Crippen LogP contribution is -2.54. The quantitative estimate of drug-likeness (QED) is 0.377. The molecule has 202 valence electrons. The number of halogens is 2. The fourth-order valence-corrected chi connectivity index (χ4v) is 7.13. The van der Waals surface area contributed by atoms with E-state index in [0.29, 0.717) is 35.2 Å². The fourth-order valence-electron chi connectivity index (χ4n) is 6.00. The van der Waals surface area contributed by atoms with Gasteiger partial charge in [-0.15, -0.1) is 0 Å². The molecule has 3 amide bonds. The number of alkyl halides is 1. The Balaban J connectivity index is 1.45. The molecule has 3 aliphatic rings. The Labute approximate surface area is 233 Å². The van der Waals surface area contributed by atoms with Crippen molar-refractivity contribution < 1.29 is 29.0 Å². The van der Waals surface area contributed by atoms with E-state index in [1.165, 1.54) is 4.90 Å². The fraction of sp³-hybridized carbons (Fsp3) is 0.444. The number of hydrogen-bond acceptors (Lipinski definition) is 6. The van der Waals surface area contributed by atoms with Gasteiger partial charge in [0.25, 0.3) is 0 Å². The van der Waals surface area contributed by atoms with Gasteiger partial charge in [-0.1, -0.05) is 39.7 Å². The summed E-state index contributed by atoms with van der Waals surface area (Å²) in [5, 5.41) is 15.6. The summed E-state index contributed by atoms with van der Waals surface area (Å²) in [7, 11) is 0. The van der Waals surface area contributed by atoms with Gasteiger partial charge in [-0.25, -0.2) is 0 Å². The molecule has 0 radical (unpaired) electrons. The molecule has 1 spiro atoms. The van der Waals surface area contributed by atoms with Crippen molar-refractivity contribution in [3.63, 3.8) is 0 Å². The van der Waals surface area contributed by atoms with E-state index in [2.05, 4.69) is 26.6 Å². The van der Waals surface area contributed by atoms with Crippen LogP contribution in [0.1, 0.15) is 19.8 Å². The molecule has 38 heavy (non-hydrogen) atoms. The van der Waals surface area contributed by atoms with Gasteiger partial charge in [-0.2, -0.15) is 0 Å². The lowest BCUT2D eigenvalue weighted by atomic mass is 9.70. The van der Waals surface area contributed by atoms with Crippen molar-refractivity contribution in [3.05, 3.63) is 53.6 Å². The number of benzene rings is 2. The van der Waals surface area contributed by atoms with E-state index in [1.54, 1.807) is 48.5 Å². The van der Waals surface area contributed by atoms with E-state index >= 15 is 0 Å². The molecule has 0 aliphatic carbocycles. The summed E-state index contributed by atoms with van der Waals surface area (Å²) in [6, 6.07) is 12.9. The third kappa shape index (κ3) is 4.57. The summed E-state index contributed by atoms with van der Waals surface area (Å²) in [4.78, 5) is 42.4. The highest BCUT2D eigenvalue weighted by Crippen LogP contribution is 2.60. The van der Waals surface area contributed by atoms with Crippen LogP contribution in [0.3, 0.4) is 0 Å². The average molecular weight is 607 g/mol. The number of likely N-dealkylation sites (tertiary alicyclic amines) is 1. The standard InChI is InChI=1S/C27H29BrClN3O6/c1-2-37-16-10-8-15(9-11-16)30-24(34)20-21-26(36)32(12-5-13-33)23(27(21)14-17(28)22(20)38-27)25(35)31-19-7-4-3-6-18(19)29/h3-4,6-11,17,20-23,33H,2,5,12-14H2,1H3,(H,30,34)(H,31,35)/t17?,20-,21+,22-,23?,27?/m1/s1. The van der Waals surface area contributed by atoms with Crippen LogP contribution in [-0.2, 0) is 19.1 Å². The van der Waals surface area contributed by atoms with Crippen molar-refractivity contribution in [3.8, 4) is 5.75 Å². The van der Waals surface area contributed by atoms with E-state index in [-0.39, 0.29) is 36.2 Å². The van der Waals surface area contributed by atoms with Crippen molar-refractivity contribution in [1.82, 2.24) is 4.90 Å². The van der Waals surface area contributed by atoms with Crippen molar-refractivity contribution >= 4 is 56.6 Å². The molecule has 2 aromatic rings. The average Bonchev–Trinajstić information content (AvgIpc) is 3.48. The van der Waals surface area contributed by atoms with E-state index in [0.717, 1.165) is 0 Å². The third-order valence-corrected chi connectivity index (χ3v) is 8.64. The van der Waals surface area contributed by atoms with Gasteiger partial charge in [0.1, 0.15) is 17.4 Å². The maximum atomic E-state index is 13.8. The van der Waals surface area contributed by atoms with E-state index < -0.39 is 35.5 Å². The number of para-hydroxylation sites is 1. The summed E-state index contributed by atoms with van der Waals surface area (Å²) in [5.74, 6) is -2.08. The van der Waals surface area contributed by atoms with E-state index in [9.17, 15) is 19.5 Å². The van der Waals surface area contributed by atoms with E-state index in [1.807, 2.05) is 6.92 Å². The Kier molecular flexibility index (Phi) is 7.68. The first-order chi connectivity index (χ1) is 18.3. The van der Waals surface area contributed by atoms with E-state index in [4.69, 9.17) is 21.1 Å². The molecule has 9 nitrogen and oxygen atoms in total. The largest absolute Gasteiger partial charge is 0.494 e. The highest BCUT2D eigenvalue weighted by Gasteiger charge is 2.76. The minimum atomic E-state index is -1.20. The minimum Gasteiger partial charge on any atom is -0.494 e. The number of carbonyl (C=O) groups excluding carboxylic acids is 3. The van der Waals surface area contributed by atoms with Crippen LogP contribution in [0.25, 0.3) is 0 Å². The summed E-state index contributed by atoms with van der Waals surface area (Å²) in [6.07, 6.45) is 0.0911. The number of rotatable bonds is 9. The second-order valence-electron chi connectivity index (χ2n) is 9.69. The zero-order valence-corrected chi connectivity index (χ0v) is 23.1. The van der Waals surface area contributed by atoms with Gasteiger partial charge < -0.3 is 30.1 Å². The molecule has 5 rings (SSSR count). The molecule has 2 bridgehead atoms. The van der Waals surface area contributed by atoms with Gasteiger partial charge in [-0.05, 0) is 56.2 Å². The first-order valence-electron chi connectivity index (χ1n) is 12.6. The van der Waals surface area contributed by atoms with Crippen molar-refractivity contribution in [1.29, 1.82) is 0 Å². The third-order valence-electron chi connectivity index (χ3n) is 7.46. The SMILES string of the molecule is CCOc1ccc(NC(=O)[C@H]2[C@@H]3OC4(CC3Br)C(C(=O)Nc3ccccc3Cl)N(CCCO)C(=O)[C@H]24)cc1. The number of hydrogen-bond donors (Lipinski definition) is 3. The van der Waals surface area contributed by atoms with Crippen LogP contribution in [0.2, 0.25) is 5.02 Å². The van der Waals surface area contributed by atoms with Crippen LogP contribution >= 0.6 is 27.5 Å². The number of aliphatic hydroxyl groups excluding tert-OH is 1. The lowest BCUT2D eigenvalue weighted by molar-refractivity contribution is -0.139. The smallest absolute Gasteiger partial charge is 0.250 e. The first kappa shape index (κ1) is 26.9. The molecule has 11 heteroatoms. The summed E-state index contributed by atoms with van der Waals surface area (Å²) >= 11 is 9.93. The second-order valence-corrected chi connectivity index (χ2v) is 11.3. The summed E-state index contributed by atoms with van der Waals surface area (Å²) < 4.78 is 11.9. The number of nitrogens with one attached hydrogen (secondary N) is 2. The first-order valence-corrected chi connectivity index (χ1v) is 13.9. The molecule has 3 N–H and O–H groups in total. The second kappa shape index (κ2) is 10.8. The van der Waals surface area contributed by atoms with Crippen LogP contribution in [0.5, 0.6) is 5.75 Å². The van der Waals surface area contributed by atoms with Crippen LogP contribution in [0.15, 0.2) is 48.5 Å². The van der Waals surface area contributed by atoms with Crippen LogP contribution in [0.4, 0.5) is 11.4 Å². The Bertz CT molecular complexity index is 1230. The zero-order valence-electron chi connectivity index (χ0n) is 20.7. The molecule has 3 fully saturated rings. The van der Waals surface area contributed by atoms with Crippen molar-refractivity contribution in [2.24, 2.45) is 11.8 Å². The minimum absolute atomic E-state index is 0.146. The van der Waals surface area contributed by atoms with Gasteiger partial charge in [0.05, 0.1) is 35.3 Å².